The number of rotatable bonds is 3. The third kappa shape index (κ3) is 2.70. The van der Waals surface area contributed by atoms with E-state index >= 15 is 0 Å². The van der Waals surface area contributed by atoms with E-state index in [4.69, 9.17) is 11.6 Å². The molecule has 0 fully saturated rings. The predicted octanol–water partition coefficient (Wildman–Crippen LogP) is 2.51. The van der Waals surface area contributed by atoms with E-state index in [-0.39, 0.29) is 5.54 Å². The second-order valence-electron chi connectivity index (χ2n) is 3.38. The summed E-state index contributed by atoms with van der Waals surface area (Å²) in [4.78, 5) is 3.93. The van der Waals surface area contributed by atoms with Gasteiger partial charge in [-0.15, -0.1) is 11.6 Å². The van der Waals surface area contributed by atoms with Crippen molar-refractivity contribution < 1.29 is 0 Å². The first-order valence-corrected chi connectivity index (χ1v) is 4.42. The van der Waals surface area contributed by atoms with Gasteiger partial charge in [-0.2, -0.15) is 0 Å². The molecule has 0 radical (unpaired) electrons. The van der Waals surface area contributed by atoms with E-state index < -0.39 is 0 Å². The number of aromatic nitrogens is 1. The summed E-state index contributed by atoms with van der Waals surface area (Å²) < 4.78 is 0. The summed E-state index contributed by atoms with van der Waals surface area (Å²) in [6, 6.07) is 3.85. The average Bonchev–Trinajstić information content (AvgIpc) is 2.06. The molecular weight excluding hydrogens is 172 g/mol. The van der Waals surface area contributed by atoms with E-state index in [0.717, 1.165) is 5.69 Å². The maximum Gasteiger partial charge on any atom is 0.0452 e. The fourth-order valence-corrected chi connectivity index (χ4v) is 0.926. The van der Waals surface area contributed by atoms with Gasteiger partial charge >= 0.3 is 0 Å². The smallest absolute Gasteiger partial charge is 0.0452 e. The van der Waals surface area contributed by atoms with Crippen molar-refractivity contribution in [1.82, 2.24) is 4.98 Å². The molecular formula is C9H13ClN2. The van der Waals surface area contributed by atoms with Crippen LogP contribution in [-0.4, -0.2) is 16.4 Å². The Morgan fingerprint density at radius 1 is 1.42 bits per heavy atom. The maximum atomic E-state index is 5.76. The maximum absolute atomic E-state index is 5.76. The van der Waals surface area contributed by atoms with Crippen LogP contribution >= 0.6 is 11.6 Å². The van der Waals surface area contributed by atoms with E-state index in [0.29, 0.717) is 5.88 Å². The van der Waals surface area contributed by atoms with Crippen LogP contribution in [0, 0.1) is 0 Å². The van der Waals surface area contributed by atoms with E-state index in [9.17, 15) is 0 Å². The summed E-state index contributed by atoms with van der Waals surface area (Å²) in [5.41, 5.74) is 0.985. The molecule has 1 aromatic rings. The zero-order chi connectivity index (χ0) is 9.03. The van der Waals surface area contributed by atoms with E-state index in [1.54, 1.807) is 12.4 Å². The van der Waals surface area contributed by atoms with Gasteiger partial charge in [0.05, 0.1) is 0 Å². The fraction of sp³-hybridized carbons (Fsp3) is 0.444. The molecule has 12 heavy (non-hydrogen) atoms. The minimum atomic E-state index is -0.0666. The molecule has 0 unspecified atom stereocenters. The van der Waals surface area contributed by atoms with Crippen molar-refractivity contribution in [3.05, 3.63) is 24.5 Å². The molecule has 2 nitrogen and oxygen atoms in total. The fourth-order valence-electron chi connectivity index (χ4n) is 0.859. The van der Waals surface area contributed by atoms with E-state index in [2.05, 4.69) is 24.1 Å². The van der Waals surface area contributed by atoms with Gasteiger partial charge in [0.1, 0.15) is 0 Å². The van der Waals surface area contributed by atoms with Crippen molar-refractivity contribution in [1.29, 1.82) is 0 Å². The Morgan fingerprint density at radius 3 is 2.50 bits per heavy atom. The summed E-state index contributed by atoms with van der Waals surface area (Å²) in [5.74, 6) is 0.579. The normalized spacial score (nSPS) is 11.2. The lowest BCUT2D eigenvalue weighted by molar-refractivity contribution is 0.641. The minimum Gasteiger partial charge on any atom is -0.379 e. The highest BCUT2D eigenvalue weighted by Crippen LogP contribution is 2.14. The second kappa shape index (κ2) is 3.76. The standard InChI is InChI=1S/C9H13ClN2/c1-9(2,7-10)12-8-3-5-11-6-4-8/h3-6H,7H2,1-2H3,(H,11,12). The molecule has 0 aromatic carbocycles. The van der Waals surface area contributed by atoms with Crippen molar-refractivity contribution >= 4 is 17.3 Å². The Balaban J connectivity index is 2.64. The Bertz CT molecular complexity index is 234. The van der Waals surface area contributed by atoms with Crippen molar-refractivity contribution in [2.24, 2.45) is 0 Å². The highest BCUT2D eigenvalue weighted by atomic mass is 35.5. The molecule has 1 heterocycles. The SMILES string of the molecule is CC(C)(CCl)Nc1ccncc1. The molecule has 66 valence electrons. The number of halogens is 1. The summed E-state index contributed by atoms with van der Waals surface area (Å²) in [6.45, 7) is 4.11. The van der Waals surface area contributed by atoms with Crippen LogP contribution in [-0.2, 0) is 0 Å². The van der Waals surface area contributed by atoms with E-state index in [1.807, 2.05) is 12.1 Å². The van der Waals surface area contributed by atoms with Gasteiger partial charge in [-0.25, -0.2) is 0 Å². The van der Waals surface area contributed by atoms with Gasteiger partial charge in [-0.3, -0.25) is 4.98 Å². The zero-order valence-electron chi connectivity index (χ0n) is 7.34. The van der Waals surface area contributed by atoms with Crippen molar-refractivity contribution in [2.75, 3.05) is 11.2 Å². The number of alkyl halides is 1. The minimum absolute atomic E-state index is 0.0666. The Morgan fingerprint density at radius 2 is 2.00 bits per heavy atom. The first-order chi connectivity index (χ1) is 5.64. The van der Waals surface area contributed by atoms with Crippen LogP contribution in [0.25, 0.3) is 0 Å². The largest absolute Gasteiger partial charge is 0.379 e. The molecule has 1 N–H and O–H groups in total. The number of hydrogen-bond donors (Lipinski definition) is 1. The third-order valence-electron chi connectivity index (χ3n) is 1.50. The summed E-state index contributed by atoms with van der Waals surface area (Å²) in [5, 5.41) is 3.30. The van der Waals surface area contributed by atoms with Crippen molar-refractivity contribution in [2.45, 2.75) is 19.4 Å². The molecule has 1 aromatic heterocycles. The molecule has 0 aliphatic rings. The molecule has 0 aliphatic carbocycles. The highest BCUT2D eigenvalue weighted by Gasteiger charge is 2.14. The number of hydrogen-bond acceptors (Lipinski definition) is 2. The van der Waals surface area contributed by atoms with Gasteiger partial charge in [0, 0.05) is 29.5 Å². The quantitative estimate of drug-likeness (QED) is 0.731. The van der Waals surface area contributed by atoms with Gasteiger partial charge in [0.2, 0.25) is 0 Å². The predicted molar refractivity (Wildman–Crippen MR) is 52.7 cm³/mol. The molecule has 0 atom stereocenters. The molecule has 0 bridgehead atoms. The van der Waals surface area contributed by atoms with Crippen molar-refractivity contribution in [3.8, 4) is 0 Å². The molecule has 0 aliphatic heterocycles. The molecule has 0 saturated carbocycles. The molecule has 0 spiro atoms. The van der Waals surface area contributed by atoms with Crippen LogP contribution in [0.1, 0.15) is 13.8 Å². The number of anilines is 1. The molecule has 1 rings (SSSR count). The lowest BCUT2D eigenvalue weighted by atomic mass is 10.1. The molecule has 0 amide bonds. The van der Waals surface area contributed by atoms with Gasteiger partial charge in [-0.1, -0.05) is 0 Å². The topological polar surface area (TPSA) is 24.9 Å². The van der Waals surface area contributed by atoms with Crippen LogP contribution in [0.5, 0.6) is 0 Å². The van der Waals surface area contributed by atoms with Gasteiger partial charge in [0.25, 0.3) is 0 Å². The van der Waals surface area contributed by atoms with Crippen molar-refractivity contribution in [3.63, 3.8) is 0 Å². The molecule has 0 saturated heterocycles. The van der Waals surface area contributed by atoms with Gasteiger partial charge < -0.3 is 5.32 Å². The first-order valence-electron chi connectivity index (χ1n) is 3.88. The van der Waals surface area contributed by atoms with Crippen LogP contribution in [0.3, 0.4) is 0 Å². The average molecular weight is 185 g/mol. The monoisotopic (exact) mass is 184 g/mol. The number of nitrogens with one attached hydrogen (secondary N) is 1. The number of pyridine rings is 1. The second-order valence-corrected chi connectivity index (χ2v) is 3.65. The van der Waals surface area contributed by atoms with Gasteiger partial charge in [0.15, 0.2) is 0 Å². The lowest BCUT2D eigenvalue weighted by Gasteiger charge is -2.24. The summed E-state index contributed by atoms with van der Waals surface area (Å²) >= 11 is 5.76. The highest BCUT2D eigenvalue weighted by molar-refractivity contribution is 6.18. The number of nitrogens with zero attached hydrogens (tertiary/aromatic N) is 1. The Labute approximate surface area is 78.0 Å². The summed E-state index contributed by atoms with van der Waals surface area (Å²) in [6.07, 6.45) is 3.51. The Kier molecular flexibility index (Phi) is 2.93. The lowest BCUT2D eigenvalue weighted by Crippen LogP contribution is -2.32. The van der Waals surface area contributed by atoms with Crippen LogP contribution in [0.2, 0.25) is 0 Å². The van der Waals surface area contributed by atoms with Crippen LogP contribution in [0.15, 0.2) is 24.5 Å². The third-order valence-corrected chi connectivity index (χ3v) is 2.17. The van der Waals surface area contributed by atoms with Crippen LogP contribution < -0.4 is 5.32 Å². The zero-order valence-corrected chi connectivity index (χ0v) is 8.10. The molecule has 3 heteroatoms. The van der Waals surface area contributed by atoms with Crippen LogP contribution in [0.4, 0.5) is 5.69 Å². The van der Waals surface area contributed by atoms with Gasteiger partial charge in [-0.05, 0) is 26.0 Å². The Hall–Kier alpha value is -0.760. The first kappa shape index (κ1) is 9.33. The van der Waals surface area contributed by atoms with E-state index in [1.165, 1.54) is 0 Å². The summed E-state index contributed by atoms with van der Waals surface area (Å²) in [7, 11) is 0.